The van der Waals surface area contributed by atoms with E-state index in [1.54, 1.807) is 0 Å². The summed E-state index contributed by atoms with van der Waals surface area (Å²) in [6.45, 7) is 3.19. The zero-order chi connectivity index (χ0) is 18.9. The number of esters is 1. The predicted molar refractivity (Wildman–Crippen MR) is 109 cm³/mol. The molecule has 0 spiro atoms. The fourth-order valence-corrected chi connectivity index (χ4v) is 6.23. The molecule has 4 rings (SSSR count). The predicted octanol–water partition coefficient (Wildman–Crippen LogP) is 5.10. The molecule has 3 atom stereocenters. The van der Waals surface area contributed by atoms with Crippen LogP contribution in [0.3, 0.4) is 0 Å². The van der Waals surface area contributed by atoms with Gasteiger partial charge in [0.05, 0.1) is 38.2 Å². The molecule has 27 heavy (non-hydrogen) atoms. The van der Waals surface area contributed by atoms with Gasteiger partial charge in [0.15, 0.2) is 0 Å². The van der Waals surface area contributed by atoms with Gasteiger partial charge in [0, 0.05) is 17.4 Å². The molecule has 0 amide bonds. The fraction of sp³-hybridized carbons (Fsp3) is 0.696. The lowest BCUT2D eigenvalue weighted by atomic mass is 9.78. The average Bonchev–Trinajstić information content (AvgIpc) is 3.17. The second-order valence-corrected chi connectivity index (χ2v) is 9.72. The fourth-order valence-electron chi connectivity index (χ4n) is 6.11. The Labute approximate surface area is 168 Å². The van der Waals surface area contributed by atoms with Gasteiger partial charge in [-0.2, -0.15) is 0 Å². The molecular formula is C23H33ClNO2+. The Hall–Kier alpha value is -1.06. The Balaban J connectivity index is 1.46. The smallest absolute Gasteiger partial charge is 0.316 e. The van der Waals surface area contributed by atoms with Gasteiger partial charge >= 0.3 is 5.97 Å². The molecule has 2 aliphatic heterocycles. The van der Waals surface area contributed by atoms with Crippen LogP contribution in [-0.2, 0) is 14.9 Å². The number of halogens is 1. The third-order valence-electron chi connectivity index (χ3n) is 7.68. The zero-order valence-electron chi connectivity index (χ0n) is 16.6. The van der Waals surface area contributed by atoms with Gasteiger partial charge in [0.1, 0.15) is 0 Å². The molecular weight excluding hydrogens is 358 g/mol. The van der Waals surface area contributed by atoms with E-state index in [-0.39, 0.29) is 5.97 Å². The molecule has 0 bridgehead atoms. The first kappa shape index (κ1) is 19.3. The van der Waals surface area contributed by atoms with Crippen LogP contribution >= 0.6 is 11.6 Å². The number of rotatable bonds is 4. The monoisotopic (exact) mass is 390 g/mol. The Morgan fingerprint density at radius 3 is 2.52 bits per heavy atom. The van der Waals surface area contributed by atoms with E-state index in [4.69, 9.17) is 16.3 Å². The van der Waals surface area contributed by atoms with Gasteiger partial charge in [-0.05, 0) is 56.2 Å². The molecule has 2 saturated heterocycles. The van der Waals surface area contributed by atoms with Gasteiger partial charge < -0.3 is 9.22 Å². The minimum Gasteiger partial charge on any atom is -0.464 e. The number of piperidine rings is 2. The molecule has 1 aromatic carbocycles. The summed E-state index contributed by atoms with van der Waals surface area (Å²) >= 11 is 6.07. The van der Waals surface area contributed by atoms with Gasteiger partial charge in [-0.1, -0.05) is 36.6 Å². The molecule has 1 unspecified atom stereocenters. The lowest BCUT2D eigenvalue weighted by Crippen LogP contribution is -2.61. The largest absolute Gasteiger partial charge is 0.464 e. The van der Waals surface area contributed by atoms with Crippen LogP contribution < -0.4 is 0 Å². The Morgan fingerprint density at radius 1 is 1.07 bits per heavy atom. The number of hydrogen-bond donors (Lipinski definition) is 0. The van der Waals surface area contributed by atoms with Gasteiger partial charge in [0.25, 0.3) is 0 Å². The maximum atomic E-state index is 13.3. The van der Waals surface area contributed by atoms with Crippen LogP contribution in [0, 0.1) is 5.92 Å². The van der Waals surface area contributed by atoms with Crippen molar-refractivity contribution in [2.75, 3.05) is 26.7 Å². The van der Waals surface area contributed by atoms with Crippen LogP contribution in [0.4, 0.5) is 0 Å². The first-order valence-corrected chi connectivity index (χ1v) is 11.2. The molecule has 4 heteroatoms. The number of hydrogen-bond acceptors (Lipinski definition) is 2. The summed E-state index contributed by atoms with van der Waals surface area (Å²) < 4.78 is 7.26. The summed E-state index contributed by atoms with van der Waals surface area (Å²) in [5.74, 6) is 0.523. The van der Waals surface area contributed by atoms with Crippen molar-refractivity contribution in [2.45, 2.75) is 69.2 Å². The van der Waals surface area contributed by atoms with Crippen molar-refractivity contribution < 1.29 is 14.0 Å². The second kappa shape index (κ2) is 7.75. The summed E-state index contributed by atoms with van der Waals surface area (Å²) in [5, 5.41) is 0.719. The van der Waals surface area contributed by atoms with Crippen molar-refractivity contribution in [3.05, 3.63) is 34.9 Å². The molecule has 0 radical (unpaired) electrons. The Morgan fingerprint density at radius 2 is 1.78 bits per heavy atom. The quantitative estimate of drug-likeness (QED) is 0.527. The highest BCUT2D eigenvalue weighted by molar-refractivity contribution is 6.30. The first-order valence-electron chi connectivity index (χ1n) is 10.8. The number of benzene rings is 1. The molecule has 148 valence electrons. The van der Waals surface area contributed by atoms with Gasteiger partial charge in [-0.15, -0.1) is 0 Å². The number of fused-ring (bicyclic) bond motifs is 1. The van der Waals surface area contributed by atoms with Crippen LogP contribution in [-0.4, -0.2) is 43.2 Å². The maximum Gasteiger partial charge on any atom is 0.316 e. The standard InChI is InChI=1S/C23H33ClNO2/c1-25-15-5-2-8-21(25)18(7-6-16-25)17-27-22(26)23(13-3-4-14-23)19-9-11-20(24)12-10-19/h9-12,18,21H,2-8,13-17H2,1H3/q+1/t18-,21+,25?/m0/s1. The molecule has 3 aliphatic rings. The Bertz CT molecular complexity index is 663. The summed E-state index contributed by atoms with van der Waals surface area (Å²) in [7, 11) is 2.42. The second-order valence-electron chi connectivity index (χ2n) is 9.29. The summed E-state index contributed by atoms with van der Waals surface area (Å²) in [4.78, 5) is 13.3. The van der Waals surface area contributed by atoms with Crippen LogP contribution in [0.25, 0.3) is 0 Å². The van der Waals surface area contributed by atoms with Crippen LogP contribution in [0.1, 0.15) is 63.4 Å². The number of carbonyl (C=O) groups is 1. The van der Waals surface area contributed by atoms with E-state index in [1.165, 1.54) is 49.7 Å². The van der Waals surface area contributed by atoms with E-state index < -0.39 is 5.41 Å². The van der Waals surface area contributed by atoms with Crippen LogP contribution in [0.15, 0.2) is 24.3 Å². The summed E-state index contributed by atoms with van der Waals surface area (Å²) in [5.41, 5.74) is 0.626. The SMILES string of the molecule is C[N+]12CCCC[C@@H]1[C@H](COC(=O)C1(c3ccc(Cl)cc3)CCCC1)CCC2. The van der Waals surface area contributed by atoms with Crippen molar-refractivity contribution in [2.24, 2.45) is 5.92 Å². The average molecular weight is 391 g/mol. The van der Waals surface area contributed by atoms with Gasteiger partial charge in [-0.3, -0.25) is 4.79 Å². The minimum atomic E-state index is -0.454. The molecule has 1 aliphatic carbocycles. The third kappa shape index (κ3) is 3.65. The van der Waals surface area contributed by atoms with E-state index in [9.17, 15) is 4.79 Å². The van der Waals surface area contributed by atoms with Gasteiger partial charge in [-0.25, -0.2) is 0 Å². The highest BCUT2D eigenvalue weighted by Crippen LogP contribution is 2.43. The van der Waals surface area contributed by atoms with Crippen LogP contribution in [0.5, 0.6) is 0 Å². The molecule has 3 nitrogen and oxygen atoms in total. The van der Waals surface area contributed by atoms with Crippen molar-refractivity contribution in [3.63, 3.8) is 0 Å². The molecule has 3 fully saturated rings. The number of quaternary nitrogens is 1. The van der Waals surface area contributed by atoms with Crippen LogP contribution in [0.2, 0.25) is 5.02 Å². The van der Waals surface area contributed by atoms with Gasteiger partial charge in [0.2, 0.25) is 0 Å². The minimum absolute atomic E-state index is 0.00194. The van der Waals surface area contributed by atoms with Crippen molar-refractivity contribution in [3.8, 4) is 0 Å². The molecule has 0 aromatic heterocycles. The van der Waals surface area contributed by atoms with Crippen molar-refractivity contribution in [1.29, 1.82) is 0 Å². The van der Waals surface area contributed by atoms with Crippen molar-refractivity contribution >= 4 is 17.6 Å². The zero-order valence-corrected chi connectivity index (χ0v) is 17.3. The first-order chi connectivity index (χ1) is 13.0. The van der Waals surface area contributed by atoms with Crippen molar-refractivity contribution in [1.82, 2.24) is 0 Å². The number of nitrogens with zero attached hydrogens (tertiary/aromatic N) is 1. The number of carbonyl (C=O) groups excluding carboxylic acids is 1. The molecule has 0 N–H and O–H groups in total. The van der Waals surface area contributed by atoms with E-state index in [1.807, 2.05) is 24.3 Å². The Kier molecular flexibility index (Phi) is 5.53. The topological polar surface area (TPSA) is 26.3 Å². The van der Waals surface area contributed by atoms with E-state index >= 15 is 0 Å². The molecule has 1 aromatic rings. The lowest BCUT2D eigenvalue weighted by molar-refractivity contribution is -0.947. The summed E-state index contributed by atoms with van der Waals surface area (Å²) in [6, 6.07) is 8.51. The highest BCUT2D eigenvalue weighted by atomic mass is 35.5. The van der Waals surface area contributed by atoms with E-state index in [2.05, 4.69) is 7.05 Å². The third-order valence-corrected chi connectivity index (χ3v) is 7.93. The summed E-state index contributed by atoms with van der Waals surface area (Å²) in [6.07, 6.45) is 10.4. The lowest BCUT2D eigenvalue weighted by Gasteiger charge is -2.51. The highest BCUT2D eigenvalue weighted by Gasteiger charge is 2.47. The molecule has 2 heterocycles. The van der Waals surface area contributed by atoms with E-state index in [0.717, 1.165) is 36.3 Å². The molecule has 1 saturated carbocycles. The van der Waals surface area contributed by atoms with E-state index in [0.29, 0.717) is 18.6 Å². The maximum absolute atomic E-state index is 13.3. The normalized spacial score (nSPS) is 32.7. The number of ether oxygens (including phenoxy) is 1.